The van der Waals surface area contributed by atoms with Crippen molar-refractivity contribution in [3.63, 3.8) is 0 Å². The number of benzene rings is 1. The molecule has 0 aliphatic rings. The average Bonchev–Trinajstić information content (AvgIpc) is 2.81. The van der Waals surface area contributed by atoms with Crippen LogP contribution in [0.5, 0.6) is 5.75 Å². The highest BCUT2D eigenvalue weighted by Gasteiger charge is 2.04. The van der Waals surface area contributed by atoms with Crippen LogP contribution in [0.25, 0.3) is 0 Å². The molecular weight excluding hydrogens is 272 g/mol. The SMILES string of the molecule is OCCOc1ccccc1NCc1cnc(Cl)s1. The quantitative estimate of drug-likeness (QED) is 0.856. The Morgan fingerprint density at radius 3 is 2.94 bits per heavy atom. The first-order valence-corrected chi connectivity index (χ1v) is 6.66. The molecule has 6 heteroatoms. The first-order valence-electron chi connectivity index (χ1n) is 5.46. The fourth-order valence-corrected chi connectivity index (χ4v) is 2.36. The predicted octanol–water partition coefficient (Wildman–Crippen LogP) is 2.78. The van der Waals surface area contributed by atoms with Gasteiger partial charge in [-0.1, -0.05) is 23.7 Å². The van der Waals surface area contributed by atoms with E-state index in [1.54, 1.807) is 6.20 Å². The third-order valence-corrected chi connectivity index (χ3v) is 3.33. The number of aromatic nitrogens is 1. The molecule has 18 heavy (non-hydrogen) atoms. The van der Waals surface area contributed by atoms with E-state index in [1.165, 1.54) is 11.3 Å². The smallest absolute Gasteiger partial charge is 0.183 e. The van der Waals surface area contributed by atoms with E-state index < -0.39 is 0 Å². The summed E-state index contributed by atoms with van der Waals surface area (Å²) in [5.74, 6) is 0.724. The van der Waals surface area contributed by atoms with Gasteiger partial charge in [0.1, 0.15) is 12.4 Å². The van der Waals surface area contributed by atoms with E-state index in [4.69, 9.17) is 21.4 Å². The number of halogens is 1. The van der Waals surface area contributed by atoms with Crippen LogP contribution in [0.4, 0.5) is 5.69 Å². The van der Waals surface area contributed by atoms with Crippen molar-refractivity contribution in [1.29, 1.82) is 0 Å². The molecule has 0 saturated heterocycles. The lowest BCUT2D eigenvalue weighted by Crippen LogP contribution is -2.05. The zero-order chi connectivity index (χ0) is 12.8. The Morgan fingerprint density at radius 2 is 2.22 bits per heavy atom. The van der Waals surface area contributed by atoms with Gasteiger partial charge in [0, 0.05) is 11.1 Å². The first-order chi connectivity index (χ1) is 8.79. The molecule has 0 saturated carbocycles. The van der Waals surface area contributed by atoms with Crippen molar-refractivity contribution < 1.29 is 9.84 Å². The summed E-state index contributed by atoms with van der Waals surface area (Å²) in [6.45, 7) is 0.924. The van der Waals surface area contributed by atoms with Crippen LogP contribution >= 0.6 is 22.9 Å². The number of thiazole rings is 1. The second kappa shape index (κ2) is 6.58. The van der Waals surface area contributed by atoms with E-state index in [0.717, 1.165) is 16.3 Å². The maximum Gasteiger partial charge on any atom is 0.183 e. The molecule has 1 aromatic carbocycles. The van der Waals surface area contributed by atoms with Crippen LogP contribution in [-0.2, 0) is 6.54 Å². The monoisotopic (exact) mass is 284 g/mol. The van der Waals surface area contributed by atoms with Gasteiger partial charge in [-0.15, -0.1) is 11.3 Å². The van der Waals surface area contributed by atoms with Crippen molar-refractivity contribution in [2.24, 2.45) is 0 Å². The number of nitrogens with one attached hydrogen (secondary N) is 1. The maximum atomic E-state index is 8.76. The zero-order valence-electron chi connectivity index (χ0n) is 9.60. The van der Waals surface area contributed by atoms with Crippen LogP contribution in [0.3, 0.4) is 0 Å². The number of aliphatic hydroxyl groups is 1. The molecule has 0 atom stereocenters. The highest BCUT2D eigenvalue weighted by atomic mass is 35.5. The second-order valence-electron chi connectivity index (χ2n) is 3.50. The molecule has 0 unspecified atom stereocenters. The third-order valence-electron chi connectivity index (χ3n) is 2.21. The average molecular weight is 285 g/mol. The van der Waals surface area contributed by atoms with Crippen LogP contribution in [-0.4, -0.2) is 23.3 Å². The van der Waals surface area contributed by atoms with Crippen molar-refractivity contribution in [2.45, 2.75) is 6.54 Å². The molecule has 0 aliphatic heterocycles. The van der Waals surface area contributed by atoms with Crippen molar-refractivity contribution in [1.82, 2.24) is 4.98 Å². The summed E-state index contributed by atoms with van der Waals surface area (Å²) in [5, 5.41) is 12.0. The summed E-state index contributed by atoms with van der Waals surface area (Å²) >= 11 is 7.21. The second-order valence-corrected chi connectivity index (χ2v) is 5.20. The number of hydrogen-bond donors (Lipinski definition) is 2. The van der Waals surface area contributed by atoms with Crippen LogP contribution in [0.2, 0.25) is 4.47 Å². The number of ether oxygens (including phenoxy) is 1. The lowest BCUT2D eigenvalue weighted by atomic mass is 10.3. The fourth-order valence-electron chi connectivity index (χ4n) is 1.44. The normalized spacial score (nSPS) is 10.3. The Labute approximate surface area is 114 Å². The standard InChI is InChI=1S/C12H13ClN2O2S/c13-12-15-8-9(18-12)7-14-10-3-1-2-4-11(10)17-6-5-16/h1-4,8,14,16H,5-7H2. The fraction of sp³-hybridized carbons (Fsp3) is 0.250. The Balaban J connectivity index is 1.99. The molecule has 0 bridgehead atoms. The van der Waals surface area contributed by atoms with Gasteiger partial charge < -0.3 is 15.2 Å². The van der Waals surface area contributed by atoms with E-state index in [-0.39, 0.29) is 13.2 Å². The Bertz CT molecular complexity index is 504. The van der Waals surface area contributed by atoms with Gasteiger partial charge >= 0.3 is 0 Å². The number of aliphatic hydroxyl groups excluding tert-OH is 1. The Morgan fingerprint density at radius 1 is 1.39 bits per heavy atom. The number of nitrogens with zero attached hydrogens (tertiary/aromatic N) is 1. The summed E-state index contributed by atoms with van der Waals surface area (Å²) in [5.41, 5.74) is 0.885. The Hall–Kier alpha value is -1.30. The maximum absolute atomic E-state index is 8.76. The highest BCUT2D eigenvalue weighted by molar-refractivity contribution is 7.15. The molecular formula is C12H13ClN2O2S. The topological polar surface area (TPSA) is 54.4 Å². The van der Waals surface area contributed by atoms with Gasteiger partial charge in [0.25, 0.3) is 0 Å². The van der Waals surface area contributed by atoms with Crippen molar-refractivity contribution >= 4 is 28.6 Å². The van der Waals surface area contributed by atoms with Crippen molar-refractivity contribution in [3.8, 4) is 5.75 Å². The number of para-hydroxylation sites is 2. The van der Waals surface area contributed by atoms with Gasteiger partial charge in [0.05, 0.1) is 18.8 Å². The molecule has 0 aliphatic carbocycles. The van der Waals surface area contributed by atoms with Crippen LogP contribution in [0, 0.1) is 0 Å². The summed E-state index contributed by atoms with van der Waals surface area (Å²) in [7, 11) is 0. The van der Waals surface area contributed by atoms with E-state index in [2.05, 4.69) is 10.3 Å². The number of hydrogen-bond acceptors (Lipinski definition) is 5. The summed E-state index contributed by atoms with van der Waals surface area (Å²) < 4.78 is 5.97. The largest absolute Gasteiger partial charge is 0.489 e. The van der Waals surface area contributed by atoms with Crippen LogP contribution in [0.15, 0.2) is 30.5 Å². The van der Waals surface area contributed by atoms with Gasteiger partial charge in [0.15, 0.2) is 4.47 Å². The Kier molecular flexibility index (Phi) is 4.81. The molecule has 0 radical (unpaired) electrons. The number of anilines is 1. The molecule has 2 aromatic rings. The molecule has 4 nitrogen and oxygen atoms in total. The van der Waals surface area contributed by atoms with E-state index in [1.807, 2.05) is 24.3 Å². The summed E-state index contributed by atoms with van der Waals surface area (Å²) in [6, 6.07) is 7.60. The number of rotatable bonds is 6. The van der Waals surface area contributed by atoms with Gasteiger partial charge in [-0.3, -0.25) is 0 Å². The molecule has 1 heterocycles. The first kappa shape index (κ1) is 13.1. The van der Waals surface area contributed by atoms with Gasteiger partial charge in [0.2, 0.25) is 0 Å². The minimum absolute atomic E-state index is 0.00120. The molecule has 0 spiro atoms. The van der Waals surface area contributed by atoms with E-state index in [9.17, 15) is 0 Å². The highest BCUT2D eigenvalue weighted by Crippen LogP contribution is 2.25. The molecule has 1 aromatic heterocycles. The van der Waals surface area contributed by atoms with Crippen molar-refractivity contribution in [3.05, 3.63) is 39.8 Å². The zero-order valence-corrected chi connectivity index (χ0v) is 11.2. The van der Waals surface area contributed by atoms with Crippen LogP contribution in [0.1, 0.15) is 4.88 Å². The molecule has 96 valence electrons. The molecule has 0 fully saturated rings. The molecule has 2 N–H and O–H groups in total. The summed E-state index contributed by atoms with van der Waals surface area (Å²) in [4.78, 5) is 5.03. The van der Waals surface area contributed by atoms with Gasteiger partial charge in [-0.25, -0.2) is 4.98 Å². The van der Waals surface area contributed by atoms with Gasteiger partial charge in [-0.05, 0) is 12.1 Å². The van der Waals surface area contributed by atoms with Gasteiger partial charge in [-0.2, -0.15) is 0 Å². The molecule has 2 rings (SSSR count). The lowest BCUT2D eigenvalue weighted by Gasteiger charge is -2.11. The van der Waals surface area contributed by atoms with Crippen molar-refractivity contribution in [2.75, 3.05) is 18.5 Å². The van der Waals surface area contributed by atoms with E-state index >= 15 is 0 Å². The predicted molar refractivity (Wildman–Crippen MR) is 73.5 cm³/mol. The minimum Gasteiger partial charge on any atom is -0.489 e. The third kappa shape index (κ3) is 3.60. The summed E-state index contributed by atoms with van der Waals surface area (Å²) in [6.07, 6.45) is 1.75. The lowest BCUT2D eigenvalue weighted by molar-refractivity contribution is 0.202. The molecule has 0 amide bonds. The minimum atomic E-state index is -0.00120. The van der Waals surface area contributed by atoms with Crippen LogP contribution < -0.4 is 10.1 Å². The van der Waals surface area contributed by atoms with E-state index in [0.29, 0.717) is 11.0 Å².